The van der Waals surface area contributed by atoms with E-state index < -0.39 is 5.97 Å². The summed E-state index contributed by atoms with van der Waals surface area (Å²) in [4.78, 5) is 29.2. The molecule has 6 nitrogen and oxygen atoms in total. The molecule has 21 heavy (non-hydrogen) atoms. The maximum Gasteiger partial charge on any atom is 0.320 e. The number of aliphatic carboxylic acids is 1. The van der Waals surface area contributed by atoms with Crippen molar-refractivity contribution in [1.82, 2.24) is 14.7 Å². The van der Waals surface area contributed by atoms with E-state index in [-0.39, 0.29) is 12.6 Å². The minimum atomic E-state index is -0.795. The lowest BCUT2D eigenvalue weighted by molar-refractivity contribution is -0.138. The number of carbonyl (C=O) groups excluding carboxylic acids is 1. The van der Waals surface area contributed by atoms with Gasteiger partial charge in [-0.1, -0.05) is 6.92 Å². The van der Waals surface area contributed by atoms with Crippen molar-refractivity contribution in [3.8, 4) is 0 Å². The topological polar surface area (TPSA) is 64.1 Å². The summed E-state index contributed by atoms with van der Waals surface area (Å²) in [5.41, 5.74) is 0. The number of nitrogens with zero attached hydrogens (tertiary/aromatic N) is 3. The normalized spacial score (nSPS) is 20.1. The molecule has 2 aliphatic rings. The van der Waals surface area contributed by atoms with E-state index in [2.05, 4.69) is 6.92 Å². The lowest BCUT2D eigenvalue weighted by Gasteiger charge is -2.30. The SMILES string of the molecule is CCCN(CC1CC1)C(=O)N1CCCN(CC(=O)O)CC1. The Morgan fingerprint density at radius 2 is 1.95 bits per heavy atom. The van der Waals surface area contributed by atoms with Gasteiger partial charge in [0, 0.05) is 39.3 Å². The van der Waals surface area contributed by atoms with Gasteiger partial charge >= 0.3 is 12.0 Å². The minimum Gasteiger partial charge on any atom is -0.480 e. The van der Waals surface area contributed by atoms with Crippen LogP contribution in [0.3, 0.4) is 0 Å². The molecule has 1 aliphatic carbocycles. The van der Waals surface area contributed by atoms with Crippen molar-refractivity contribution in [2.24, 2.45) is 5.92 Å². The zero-order valence-electron chi connectivity index (χ0n) is 13.0. The maximum atomic E-state index is 12.7. The number of carbonyl (C=O) groups is 2. The number of urea groups is 1. The molecule has 1 N–H and O–H groups in total. The average Bonchev–Trinajstić information content (AvgIpc) is 3.24. The van der Waals surface area contributed by atoms with Gasteiger partial charge in [0.1, 0.15) is 0 Å². The van der Waals surface area contributed by atoms with Gasteiger partial charge in [0.2, 0.25) is 0 Å². The van der Waals surface area contributed by atoms with E-state index in [1.165, 1.54) is 12.8 Å². The summed E-state index contributed by atoms with van der Waals surface area (Å²) in [7, 11) is 0. The molecule has 2 amide bonds. The molecular weight excluding hydrogens is 270 g/mol. The molecule has 1 saturated heterocycles. The zero-order chi connectivity index (χ0) is 15.2. The molecule has 2 fully saturated rings. The maximum absolute atomic E-state index is 12.7. The van der Waals surface area contributed by atoms with Gasteiger partial charge < -0.3 is 14.9 Å². The minimum absolute atomic E-state index is 0.0722. The number of carboxylic acid groups (broad SMARTS) is 1. The largest absolute Gasteiger partial charge is 0.480 e. The molecule has 0 bridgehead atoms. The average molecular weight is 297 g/mol. The van der Waals surface area contributed by atoms with Gasteiger partial charge in [-0.25, -0.2) is 4.79 Å². The molecule has 0 unspecified atom stereocenters. The number of carboxylic acids is 1. The summed E-state index contributed by atoms with van der Waals surface area (Å²) in [6.45, 7) is 6.67. The first-order valence-electron chi connectivity index (χ1n) is 8.08. The highest BCUT2D eigenvalue weighted by Gasteiger charge is 2.29. The summed E-state index contributed by atoms with van der Waals surface area (Å²) in [5.74, 6) is -0.0906. The standard InChI is InChI=1S/C15H27N3O3/c1-2-6-18(11-13-4-5-13)15(21)17-8-3-7-16(9-10-17)12-14(19)20/h13H,2-12H2,1H3,(H,19,20). The number of rotatable bonds is 6. The van der Waals surface area contributed by atoms with Crippen LogP contribution in [0.1, 0.15) is 32.6 Å². The molecule has 0 aromatic heterocycles. The Bertz CT molecular complexity index is 371. The van der Waals surface area contributed by atoms with Gasteiger partial charge in [-0.3, -0.25) is 9.69 Å². The Morgan fingerprint density at radius 3 is 2.57 bits per heavy atom. The summed E-state index contributed by atoms with van der Waals surface area (Å²) < 4.78 is 0. The Kier molecular flexibility index (Phi) is 5.85. The highest BCUT2D eigenvalue weighted by atomic mass is 16.4. The van der Waals surface area contributed by atoms with Crippen molar-refractivity contribution in [2.75, 3.05) is 45.8 Å². The van der Waals surface area contributed by atoms with Crippen molar-refractivity contribution in [2.45, 2.75) is 32.6 Å². The fourth-order valence-corrected chi connectivity index (χ4v) is 2.86. The molecule has 2 rings (SSSR count). The van der Waals surface area contributed by atoms with Crippen LogP contribution in [0, 0.1) is 5.92 Å². The van der Waals surface area contributed by atoms with Crippen LogP contribution < -0.4 is 0 Å². The summed E-state index contributed by atoms with van der Waals surface area (Å²) in [6, 6.07) is 0.140. The van der Waals surface area contributed by atoms with E-state index >= 15 is 0 Å². The highest BCUT2D eigenvalue weighted by molar-refractivity contribution is 5.74. The van der Waals surface area contributed by atoms with Crippen LogP contribution in [0.25, 0.3) is 0 Å². The zero-order valence-corrected chi connectivity index (χ0v) is 13.0. The van der Waals surface area contributed by atoms with Crippen LogP contribution in [-0.2, 0) is 4.79 Å². The number of hydrogen-bond acceptors (Lipinski definition) is 3. The third-order valence-corrected chi connectivity index (χ3v) is 4.16. The Morgan fingerprint density at radius 1 is 1.19 bits per heavy atom. The number of hydrogen-bond donors (Lipinski definition) is 1. The molecule has 0 aromatic rings. The first-order chi connectivity index (χ1) is 10.1. The van der Waals surface area contributed by atoms with Crippen molar-refractivity contribution in [1.29, 1.82) is 0 Å². The van der Waals surface area contributed by atoms with Crippen LogP contribution in [0.4, 0.5) is 4.79 Å². The molecule has 0 spiro atoms. The lowest BCUT2D eigenvalue weighted by atomic mass is 10.3. The van der Waals surface area contributed by atoms with E-state index in [1.54, 1.807) is 0 Å². The fourth-order valence-electron chi connectivity index (χ4n) is 2.86. The van der Waals surface area contributed by atoms with E-state index in [4.69, 9.17) is 5.11 Å². The predicted octanol–water partition coefficient (Wildman–Crippen LogP) is 1.32. The first kappa shape index (κ1) is 16.1. The predicted molar refractivity (Wildman–Crippen MR) is 80.2 cm³/mol. The Labute approximate surface area is 126 Å². The van der Waals surface area contributed by atoms with Crippen molar-refractivity contribution in [3.63, 3.8) is 0 Å². The molecule has 1 saturated carbocycles. The lowest BCUT2D eigenvalue weighted by Crippen LogP contribution is -2.46. The van der Waals surface area contributed by atoms with E-state index in [0.717, 1.165) is 39.0 Å². The molecule has 120 valence electrons. The highest BCUT2D eigenvalue weighted by Crippen LogP contribution is 2.30. The summed E-state index contributed by atoms with van der Waals surface area (Å²) >= 11 is 0. The molecular formula is C15H27N3O3. The van der Waals surface area contributed by atoms with Gasteiger partial charge in [0.05, 0.1) is 6.54 Å². The number of amides is 2. The van der Waals surface area contributed by atoms with E-state index in [1.807, 2.05) is 14.7 Å². The van der Waals surface area contributed by atoms with Gasteiger partial charge in [0.25, 0.3) is 0 Å². The third kappa shape index (κ3) is 5.19. The Hall–Kier alpha value is -1.30. The van der Waals surface area contributed by atoms with Crippen LogP contribution in [-0.4, -0.2) is 77.6 Å². The van der Waals surface area contributed by atoms with E-state index in [0.29, 0.717) is 19.0 Å². The smallest absolute Gasteiger partial charge is 0.320 e. The van der Waals surface area contributed by atoms with Crippen LogP contribution in [0.2, 0.25) is 0 Å². The monoisotopic (exact) mass is 297 g/mol. The van der Waals surface area contributed by atoms with Crippen LogP contribution in [0.15, 0.2) is 0 Å². The van der Waals surface area contributed by atoms with Crippen molar-refractivity contribution in [3.05, 3.63) is 0 Å². The third-order valence-electron chi connectivity index (χ3n) is 4.16. The molecule has 0 atom stereocenters. The molecule has 6 heteroatoms. The van der Waals surface area contributed by atoms with Gasteiger partial charge in [-0.2, -0.15) is 0 Å². The van der Waals surface area contributed by atoms with Gasteiger partial charge in [-0.15, -0.1) is 0 Å². The summed E-state index contributed by atoms with van der Waals surface area (Å²) in [5, 5.41) is 8.87. The van der Waals surface area contributed by atoms with Crippen LogP contribution in [0.5, 0.6) is 0 Å². The Balaban J connectivity index is 1.86. The molecule has 1 heterocycles. The van der Waals surface area contributed by atoms with Crippen molar-refractivity contribution >= 4 is 12.0 Å². The van der Waals surface area contributed by atoms with Crippen molar-refractivity contribution < 1.29 is 14.7 Å². The summed E-state index contributed by atoms with van der Waals surface area (Å²) in [6.07, 6.45) is 4.33. The molecule has 1 aliphatic heterocycles. The van der Waals surface area contributed by atoms with E-state index in [9.17, 15) is 9.59 Å². The fraction of sp³-hybridized carbons (Fsp3) is 0.867. The quantitative estimate of drug-likeness (QED) is 0.803. The first-order valence-corrected chi connectivity index (χ1v) is 8.08. The van der Waals surface area contributed by atoms with Crippen LogP contribution >= 0.6 is 0 Å². The van der Waals surface area contributed by atoms with Gasteiger partial charge in [-0.05, 0) is 31.6 Å². The second-order valence-electron chi connectivity index (χ2n) is 6.18. The van der Waals surface area contributed by atoms with Gasteiger partial charge in [0.15, 0.2) is 0 Å². The second-order valence-corrected chi connectivity index (χ2v) is 6.18. The second kappa shape index (κ2) is 7.64. The molecule has 0 radical (unpaired) electrons. The molecule has 0 aromatic carbocycles.